The zero-order chi connectivity index (χ0) is 94.7. The lowest BCUT2D eigenvalue weighted by Crippen LogP contribution is -2.62. The molecule has 2 aromatic heterocycles. The molecular weight excluding hydrogens is 1680 g/mol. The topological polar surface area (TPSA) is 574 Å². The van der Waals surface area contributed by atoms with Gasteiger partial charge in [-0.25, -0.2) is 0 Å². The second-order valence-corrected chi connectivity index (χ2v) is 34.8. The molecule has 130 heavy (non-hydrogen) atoms. The van der Waals surface area contributed by atoms with Crippen LogP contribution < -0.4 is 65.1 Å². The van der Waals surface area contributed by atoms with Crippen LogP contribution in [0.3, 0.4) is 0 Å². The van der Waals surface area contributed by atoms with Gasteiger partial charge in [-0.05, 0) is 125 Å². The van der Waals surface area contributed by atoms with Crippen LogP contribution in [0.15, 0.2) is 85.2 Å². The number of H-pyrrole nitrogens is 1. The molecule has 6 heterocycles. The molecule has 0 unspecified atom stereocenters. The summed E-state index contributed by atoms with van der Waals surface area (Å²) < 4.78 is 1.46. The first-order valence-corrected chi connectivity index (χ1v) is 45.2. The lowest BCUT2D eigenvalue weighted by atomic mass is 9.97. The molecule has 5 aromatic rings. The Hall–Kier alpha value is -12.4. The molecule has 4 fully saturated rings. The molecule has 9 rings (SSSR count). The van der Waals surface area contributed by atoms with Gasteiger partial charge in [0.2, 0.25) is 88.6 Å². The number of aliphatic hydroxyl groups is 1. The highest BCUT2D eigenvalue weighted by atomic mass is 16.4. The van der Waals surface area contributed by atoms with Crippen molar-refractivity contribution in [3.8, 4) is 0 Å². The Balaban J connectivity index is 1.08. The van der Waals surface area contributed by atoms with Crippen LogP contribution in [-0.4, -0.2) is 288 Å². The van der Waals surface area contributed by atoms with E-state index in [1.807, 2.05) is 46.8 Å². The zero-order valence-electron chi connectivity index (χ0n) is 75.2. The number of aliphatic hydroxyl groups excluding tert-OH is 1. The summed E-state index contributed by atoms with van der Waals surface area (Å²) in [6, 6.07) is 1.69. The normalized spacial score (nSPS) is 25.3. The minimum atomic E-state index is -1.82. The second kappa shape index (κ2) is 48.3. The third-order valence-corrected chi connectivity index (χ3v) is 24.5. The van der Waals surface area contributed by atoms with Crippen molar-refractivity contribution in [1.29, 1.82) is 0 Å². The van der Waals surface area contributed by atoms with E-state index in [2.05, 4.69) is 52.8 Å². The number of para-hydroxylation sites is 2. The Bertz CT molecular complexity index is 4880. The van der Waals surface area contributed by atoms with Gasteiger partial charge in [0.1, 0.15) is 85.1 Å². The fourth-order valence-electron chi connectivity index (χ4n) is 17.5. The third-order valence-electron chi connectivity index (χ3n) is 24.5. The van der Waals surface area contributed by atoms with Gasteiger partial charge in [-0.1, -0.05) is 120 Å². The van der Waals surface area contributed by atoms with Gasteiger partial charge in [0.25, 0.3) is 0 Å². The van der Waals surface area contributed by atoms with Crippen molar-refractivity contribution in [1.82, 2.24) is 81.9 Å². The molecule has 4 aliphatic rings. The fraction of sp³-hybridized carbons (Fsp3) is 0.571. The van der Waals surface area contributed by atoms with Gasteiger partial charge in [-0.15, -0.1) is 0 Å². The van der Waals surface area contributed by atoms with Crippen LogP contribution in [0.1, 0.15) is 178 Å². The maximum atomic E-state index is 15.9. The quantitative estimate of drug-likeness (QED) is 0.0392. The number of fused-ring (bicyclic) bond motifs is 5. The number of aromatic amines is 1. The molecule has 4 aliphatic heterocycles. The number of nitrogens with one attached hydrogen (secondary N) is 10. The first-order chi connectivity index (χ1) is 62.0. The Kier molecular flexibility index (Phi) is 37.7. The number of amides is 15. The standard InChI is InChI=1S/C91H129N19O20/c1-8-10-24-70-83(122)100-63(41-52(3)4)79(118)95-38-18-16-29-76(113)97-65(42-54-32-30-53(5)31-33-54)89(128)108-39-19-17-27-71(108)84(123)103-67(46-75(94)112)90(129)109-40-20-28-72(109)85(124)104-68(47-93)82(121)99-62(34-35-77(114)115)88(127)110-50-57(111)45-74(110)86(125)101-64(43-55-48-96-60-23-14-12-21-58(55)60)81(120)98-61(36-37-92)80(119)102-66(87(126)106(7)73(25-11-9-2)91(130)105(70)6)44-56-49-107(51-78(116)117)69-26-15-13-22-59(56)69/h12-15,21-23,26,30-33,48-49,52,57,61-68,70-74,96,111H,8-11,16-20,24-25,27-29,34-47,50-51,92-93H2,1-7H3,(H2,94,112)(H,95,118)(H,97,113)(H,98,120)(H,99,121)(H,100,122)(H,101,125)(H,102,119)(H,103,123)(H,104,124)(H,114,115)(H,116,117)/t57-,61+,62+,63+,64+,65+,66+,67+,68+,70+,71+,72+,73+,74+/m1/s1. The monoisotopic (exact) mass is 1810 g/mol. The predicted molar refractivity (Wildman–Crippen MR) is 478 cm³/mol. The number of carbonyl (C=O) groups is 17. The van der Waals surface area contributed by atoms with E-state index in [1.54, 1.807) is 66.9 Å². The summed E-state index contributed by atoms with van der Waals surface area (Å²) in [5, 5.41) is 57.2. The van der Waals surface area contributed by atoms with Gasteiger partial charge >= 0.3 is 11.9 Å². The van der Waals surface area contributed by atoms with E-state index in [0.717, 1.165) is 15.4 Å². The van der Waals surface area contributed by atoms with E-state index in [9.17, 15) is 58.5 Å². The number of aliphatic carboxylic acids is 2. The van der Waals surface area contributed by atoms with Crippen LogP contribution in [0.2, 0.25) is 0 Å². The van der Waals surface area contributed by atoms with Gasteiger partial charge < -0.3 is 114 Å². The molecule has 0 saturated carbocycles. The van der Waals surface area contributed by atoms with Gasteiger partial charge in [-0.3, -0.25) is 81.5 Å². The van der Waals surface area contributed by atoms with Gasteiger partial charge in [0.15, 0.2) is 0 Å². The Morgan fingerprint density at radius 3 is 1.72 bits per heavy atom. The first-order valence-electron chi connectivity index (χ1n) is 45.2. The first kappa shape index (κ1) is 101. The fourth-order valence-corrected chi connectivity index (χ4v) is 17.5. The van der Waals surface area contributed by atoms with Crippen molar-refractivity contribution < 1.29 is 96.8 Å². The largest absolute Gasteiger partial charge is 0.481 e. The minimum Gasteiger partial charge on any atom is -0.481 e. The van der Waals surface area contributed by atoms with Crippen molar-refractivity contribution in [2.75, 3.05) is 53.4 Å². The van der Waals surface area contributed by atoms with Gasteiger partial charge in [0.05, 0.1) is 12.5 Å². The number of unbranched alkanes of at least 4 members (excludes halogenated alkanes) is 2. The molecule has 0 radical (unpaired) electrons. The molecule has 0 spiro atoms. The molecule has 3 aromatic carbocycles. The number of primary amides is 1. The van der Waals surface area contributed by atoms with E-state index < -0.39 is 231 Å². The number of rotatable bonds is 24. The van der Waals surface area contributed by atoms with E-state index in [-0.39, 0.29) is 116 Å². The van der Waals surface area contributed by atoms with Crippen LogP contribution in [-0.2, 0) is 107 Å². The number of aromatic nitrogens is 2. The minimum absolute atomic E-state index is 0.0146. The lowest BCUT2D eigenvalue weighted by Gasteiger charge is -2.38. The summed E-state index contributed by atoms with van der Waals surface area (Å²) in [6.45, 7) is 7.34. The average Bonchev–Trinajstić information content (AvgIpc) is 1.56. The van der Waals surface area contributed by atoms with Crippen LogP contribution in [0, 0.1) is 12.8 Å². The molecular formula is C91H129N19O20. The molecule has 19 N–H and O–H groups in total. The number of hydrogen-bond acceptors (Lipinski definition) is 20. The number of piperidine rings is 1. The van der Waals surface area contributed by atoms with Crippen LogP contribution in [0.25, 0.3) is 21.8 Å². The highest BCUT2D eigenvalue weighted by Gasteiger charge is 2.47. The number of benzene rings is 3. The van der Waals surface area contributed by atoms with Crippen LogP contribution >= 0.6 is 0 Å². The average molecular weight is 1810 g/mol. The maximum absolute atomic E-state index is 15.9. The van der Waals surface area contributed by atoms with Crippen molar-refractivity contribution in [2.45, 2.75) is 273 Å². The number of nitrogens with two attached hydrogens (primary N) is 3. The summed E-state index contributed by atoms with van der Waals surface area (Å²) in [4.78, 5) is 256. The molecule has 39 heteroatoms. The Morgan fingerprint density at radius 1 is 0.508 bits per heavy atom. The van der Waals surface area contributed by atoms with Crippen molar-refractivity contribution in [2.24, 2.45) is 23.1 Å². The molecule has 708 valence electrons. The molecule has 14 atom stereocenters. The van der Waals surface area contributed by atoms with E-state index in [0.29, 0.717) is 77.0 Å². The molecule has 4 saturated heterocycles. The number of carboxylic acid groups (broad SMARTS) is 2. The van der Waals surface area contributed by atoms with Gasteiger partial charge in [0, 0.05) is 120 Å². The van der Waals surface area contributed by atoms with E-state index in [4.69, 9.17) is 17.2 Å². The zero-order valence-corrected chi connectivity index (χ0v) is 75.2. The van der Waals surface area contributed by atoms with Crippen LogP contribution in [0.5, 0.6) is 0 Å². The number of likely N-dealkylation sites (N-methyl/N-ethyl adjacent to an activating group) is 2. The highest BCUT2D eigenvalue weighted by Crippen LogP contribution is 2.29. The van der Waals surface area contributed by atoms with Gasteiger partial charge in [-0.2, -0.15) is 0 Å². The molecule has 15 amide bonds. The Labute approximate surface area is 755 Å². The number of carboxylic acids is 2. The van der Waals surface area contributed by atoms with Crippen molar-refractivity contribution in [3.63, 3.8) is 0 Å². The highest BCUT2D eigenvalue weighted by molar-refractivity contribution is 6.02. The summed E-state index contributed by atoms with van der Waals surface area (Å²) in [6.07, 6.45) is 1.76. The van der Waals surface area contributed by atoms with E-state index >= 15 is 38.4 Å². The summed E-state index contributed by atoms with van der Waals surface area (Å²) in [7, 11) is 2.80. The summed E-state index contributed by atoms with van der Waals surface area (Å²) in [5.41, 5.74) is 21.7. The van der Waals surface area contributed by atoms with E-state index in [1.165, 1.54) is 39.6 Å². The lowest BCUT2D eigenvalue weighted by molar-refractivity contribution is -0.149. The van der Waals surface area contributed by atoms with Crippen molar-refractivity contribution >= 4 is 122 Å². The predicted octanol–water partition coefficient (Wildman–Crippen LogP) is 0.184. The number of nitrogens with zero attached hydrogens (tertiary/aromatic N) is 6. The summed E-state index contributed by atoms with van der Waals surface area (Å²) >= 11 is 0. The number of hydrogen-bond donors (Lipinski definition) is 16. The van der Waals surface area contributed by atoms with Crippen molar-refractivity contribution in [3.05, 3.63) is 107 Å². The molecule has 0 aliphatic carbocycles. The SMILES string of the molecule is CCCC[C@H]1C(=O)N(C)[C@@H](CCCC)C(=O)N[C@@H](CC(C)C)C(=O)NCCCCC(=O)N[C@@H](Cc2ccc(C)cc2)C(=O)N2CCCC[C@H]2C(=O)N[C@@H](CC(N)=O)C(=O)N2CCC[C@H]2C(=O)N[C@@H](CN)C(=O)N[C@@H](CCC(=O)O)C(=O)N2C[C@H](O)C[C@H]2C(=O)N[C@@H](Cc2c[nH]c3ccccc23)C(=O)N[C@@H](CCN)C(=O)N[C@@H](Cc2cn(CC(=O)O)c3ccccc23)C(=O)N1C. The Morgan fingerprint density at radius 2 is 1.06 bits per heavy atom. The third kappa shape index (κ3) is 27.4. The number of aryl methyl sites for hydroxylation is 1. The summed E-state index contributed by atoms with van der Waals surface area (Å²) in [5.74, 6) is -15.7. The van der Waals surface area contributed by atoms with Crippen LogP contribution in [0.4, 0.5) is 0 Å². The maximum Gasteiger partial charge on any atom is 0.323 e. The molecule has 39 nitrogen and oxygen atoms in total. The number of carbonyl (C=O) groups excluding carboxylic acids is 15. The molecule has 0 bridgehead atoms. The smallest absolute Gasteiger partial charge is 0.323 e. The second-order valence-electron chi connectivity index (χ2n) is 34.8.